The van der Waals surface area contributed by atoms with E-state index >= 15 is 0 Å². The van der Waals surface area contributed by atoms with Crippen LogP contribution in [0.15, 0.2) is 47.4 Å². The summed E-state index contributed by atoms with van der Waals surface area (Å²) in [4.78, 5) is 0.141. The molecular weight excluding hydrogens is 309 g/mol. The first-order valence-corrected chi connectivity index (χ1v) is 7.53. The van der Waals surface area contributed by atoms with Gasteiger partial charge in [0.25, 0.3) is 0 Å². The summed E-state index contributed by atoms with van der Waals surface area (Å²) in [6.45, 7) is 0. The van der Waals surface area contributed by atoms with Gasteiger partial charge < -0.3 is 0 Å². The summed E-state index contributed by atoms with van der Waals surface area (Å²) in [5, 5.41) is 0.468. The molecule has 0 bridgehead atoms. The van der Waals surface area contributed by atoms with Crippen LogP contribution >= 0.6 is 11.6 Å². The summed E-state index contributed by atoms with van der Waals surface area (Å²) in [6.07, 6.45) is -3.11. The van der Waals surface area contributed by atoms with Crippen LogP contribution in [0.25, 0.3) is 11.1 Å². The minimum absolute atomic E-state index is 0.141. The Balaban J connectivity index is 2.62. The monoisotopic (exact) mass is 318 g/mol. The second-order valence-corrected chi connectivity index (χ2v) is 5.96. The van der Waals surface area contributed by atoms with Crippen molar-refractivity contribution >= 4 is 22.4 Å². The van der Waals surface area contributed by atoms with Crippen molar-refractivity contribution in [3.63, 3.8) is 0 Å². The Labute approximate surface area is 121 Å². The smallest absolute Gasteiger partial charge is 0.255 e. The Morgan fingerprint density at radius 2 is 1.80 bits per heavy atom. The fourth-order valence-electron chi connectivity index (χ4n) is 1.83. The van der Waals surface area contributed by atoms with Crippen LogP contribution in [0.3, 0.4) is 0 Å². The van der Waals surface area contributed by atoms with E-state index in [2.05, 4.69) is 0 Å². The predicted octanol–water partition coefficient (Wildman–Crippen LogP) is 4.76. The van der Waals surface area contributed by atoms with Crippen LogP contribution in [0.4, 0.5) is 13.2 Å². The first kappa shape index (κ1) is 15.1. The summed E-state index contributed by atoms with van der Waals surface area (Å²) < 4.78 is 49.8. The largest absolute Gasteiger partial charge is 0.416 e. The van der Waals surface area contributed by atoms with Crippen LogP contribution in [-0.2, 0) is 17.0 Å². The third kappa shape index (κ3) is 3.22. The van der Waals surface area contributed by atoms with Crippen LogP contribution in [0.1, 0.15) is 5.56 Å². The highest BCUT2D eigenvalue weighted by molar-refractivity contribution is 7.84. The van der Waals surface area contributed by atoms with E-state index in [1.54, 1.807) is 24.3 Å². The van der Waals surface area contributed by atoms with Crippen molar-refractivity contribution in [3.05, 3.63) is 53.1 Å². The summed E-state index contributed by atoms with van der Waals surface area (Å²) in [5.74, 6) is 0. The average Bonchev–Trinajstić information content (AvgIpc) is 2.37. The summed E-state index contributed by atoms with van der Waals surface area (Å²) in [7, 11) is -1.54. The fourth-order valence-corrected chi connectivity index (χ4v) is 2.81. The topological polar surface area (TPSA) is 17.1 Å². The highest BCUT2D eigenvalue weighted by Crippen LogP contribution is 2.35. The molecule has 2 aromatic rings. The van der Waals surface area contributed by atoms with Gasteiger partial charge in [0.15, 0.2) is 0 Å². The number of hydrogen-bond donors (Lipinski definition) is 0. The first-order chi connectivity index (χ1) is 9.29. The van der Waals surface area contributed by atoms with E-state index in [0.29, 0.717) is 16.1 Å². The highest BCUT2D eigenvalue weighted by Gasteiger charge is 2.31. The molecule has 0 aromatic heterocycles. The maximum Gasteiger partial charge on any atom is 0.416 e. The molecule has 0 fully saturated rings. The molecule has 0 amide bonds. The molecule has 2 aromatic carbocycles. The summed E-state index contributed by atoms with van der Waals surface area (Å²) >= 11 is 5.87. The van der Waals surface area contributed by atoms with Gasteiger partial charge in [-0.05, 0) is 35.4 Å². The van der Waals surface area contributed by atoms with Gasteiger partial charge in [0.1, 0.15) is 0 Å². The normalized spacial score (nSPS) is 13.2. The third-order valence-electron chi connectivity index (χ3n) is 2.75. The van der Waals surface area contributed by atoms with Crippen LogP contribution < -0.4 is 0 Å². The second kappa shape index (κ2) is 5.58. The molecule has 1 nitrogen and oxygen atoms in total. The second-order valence-electron chi connectivity index (χ2n) is 4.17. The molecule has 6 heteroatoms. The Hall–Kier alpha value is -1.33. The van der Waals surface area contributed by atoms with Gasteiger partial charge in [-0.2, -0.15) is 13.2 Å². The lowest BCUT2D eigenvalue weighted by Gasteiger charge is -2.12. The number of hydrogen-bond acceptors (Lipinski definition) is 1. The lowest BCUT2D eigenvalue weighted by Crippen LogP contribution is -2.06. The Morgan fingerprint density at radius 1 is 1.10 bits per heavy atom. The molecule has 0 spiro atoms. The maximum atomic E-state index is 12.7. The van der Waals surface area contributed by atoms with Crippen molar-refractivity contribution in [1.82, 2.24) is 0 Å². The molecule has 0 saturated carbocycles. The van der Waals surface area contributed by atoms with Crippen molar-refractivity contribution in [3.8, 4) is 11.1 Å². The molecule has 106 valence electrons. The van der Waals surface area contributed by atoms with E-state index in [-0.39, 0.29) is 4.90 Å². The quantitative estimate of drug-likeness (QED) is 0.780. The van der Waals surface area contributed by atoms with Crippen molar-refractivity contribution in [2.24, 2.45) is 0 Å². The highest BCUT2D eigenvalue weighted by atomic mass is 35.5. The van der Waals surface area contributed by atoms with Crippen LogP contribution in [0, 0.1) is 0 Å². The molecule has 0 radical (unpaired) electrons. The molecule has 1 atom stereocenters. The number of halogens is 4. The molecule has 0 N–H and O–H groups in total. The predicted molar refractivity (Wildman–Crippen MR) is 74.2 cm³/mol. The van der Waals surface area contributed by atoms with Gasteiger partial charge in [-0.25, -0.2) is 0 Å². The zero-order valence-electron chi connectivity index (χ0n) is 10.4. The SMILES string of the molecule is CS(=O)c1cc(C(F)(F)F)ccc1-c1cccc(Cl)c1. The Morgan fingerprint density at radius 3 is 2.35 bits per heavy atom. The van der Waals surface area contributed by atoms with E-state index in [0.717, 1.165) is 12.1 Å². The van der Waals surface area contributed by atoms with Crippen LogP contribution in [-0.4, -0.2) is 10.5 Å². The molecule has 2 rings (SSSR count). The Kier molecular flexibility index (Phi) is 4.20. The molecule has 0 aliphatic rings. The zero-order valence-corrected chi connectivity index (χ0v) is 11.9. The van der Waals surface area contributed by atoms with Crippen LogP contribution in [0.5, 0.6) is 0 Å². The zero-order chi connectivity index (χ0) is 14.9. The van der Waals surface area contributed by atoms with E-state index in [1.165, 1.54) is 12.3 Å². The standard InChI is InChI=1S/C14H10ClF3OS/c1-20(19)13-8-10(14(16,17)18)5-6-12(13)9-3-2-4-11(15)7-9/h2-8H,1H3. The number of benzene rings is 2. The summed E-state index contributed by atoms with van der Waals surface area (Å²) in [6, 6.07) is 9.92. The van der Waals surface area contributed by atoms with Gasteiger partial charge >= 0.3 is 6.18 Å². The molecule has 0 heterocycles. The van der Waals surface area contributed by atoms with E-state index < -0.39 is 22.5 Å². The lowest BCUT2D eigenvalue weighted by molar-refractivity contribution is -0.137. The van der Waals surface area contributed by atoms with E-state index in [9.17, 15) is 17.4 Å². The van der Waals surface area contributed by atoms with E-state index in [4.69, 9.17) is 11.6 Å². The fraction of sp³-hybridized carbons (Fsp3) is 0.143. The molecular formula is C14H10ClF3OS. The average molecular weight is 319 g/mol. The molecule has 20 heavy (non-hydrogen) atoms. The minimum atomic E-state index is -4.46. The van der Waals surface area contributed by atoms with Gasteiger partial charge in [0.2, 0.25) is 0 Å². The summed E-state index contributed by atoms with van der Waals surface area (Å²) in [5.41, 5.74) is 0.311. The van der Waals surface area contributed by atoms with Crippen molar-refractivity contribution in [1.29, 1.82) is 0 Å². The lowest BCUT2D eigenvalue weighted by atomic mass is 10.0. The first-order valence-electron chi connectivity index (χ1n) is 5.59. The minimum Gasteiger partial charge on any atom is -0.255 e. The Bertz CT molecular complexity index is 668. The van der Waals surface area contributed by atoms with Gasteiger partial charge in [-0.3, -0.25) is 4.21 Å². The van der Waals surface area contributed by atoms with E-state index in [1.807, 2.05) is 0 Å². The number of alkyl halides is 3. The van der Waals surface area contributed by atoms with Crippen molar-refractivity contribution < 1.29 is 17.4 Å². The number of rotatable bonds is 2. The van der Waals surface area contributed by atoms with Gasteiger partial charge in [0, 0.05) is 16.2 Å². The molecule has 0 aliphatic carbocycles. The molecule has 0 saturated heterocycles. The van der Waals surface area contributed by atoms with Gasteiger partial charge in [-0.15, -0.1) is 0 Å². The van der Waals surface area contributed by atoms with Crippen LogP contribution in [0.2, 0.25) is 5.02 Å². The van der Waals surface area contributed by atoms with Crippen molar-refractivity contribution in [2.45, 2.75) is 11.1 Å². The molecule has 0 aliphatic heterocycles. The maximum absolute atomic E-state index is 12.7. The van der Waals surface area contributed by atoms with Crippen molar-refractivity contribution in [2.75, 3.05) is 6.26 Å². The van der Waals surface area contributed by atoms with Gasteiger partial charge in [-0.1, -0.05) is 29.8 Å². The third-order valence-corrected chi connectivity index (χ3v) is 3.95. The molecule has 1 unspecified atom stereocenters. The van der Waals surface area contributed by atoms with Gasteiger partial charge in [0.05, 0.1) is 16.4 Å².